The molecule has 4 aromatic rings. The Morgan fingerprint density at radius 2 is 1.88 bits per heavy atom. The van der Waals surface area contributed by atoms with Crippen molar-refractivity contribution in [2.75, 3.05) is 19.0 Å². The molecule has 10 nitrogen and oxygen atoms in total. The molecule has 0 aliphatic rings. The number of aromatic nitrogens is 3. The lowest BCUT2D eigenvalue weighted by atomic mass is 10.2. The monoisotopic (exact) mass is 482 g/mol. The van der Waals surface area contributed by atoms with Gasteiger partial charge in [-0.15, -0.1) is 0 Å². The fraction of sp³-hybridized carbons (Fsp3) is 0.174. The summed E-state index contributed by atoms with van der Waals surface area (Å²) in [5.41, 5.74) is 1.25. The number of ether oxygens (including phenoxy) is 2. The van der Waals surface area contributed by atoms with Crippen LogP contribution in [0, 0.1) is 0 Å². The smallest absolute Gasteiger partial charge is 0.335 e. The third-order valence-electron chi connectivity index (χ3n) is 4.94. The highest BCUT2D eigenvalue weighted by Crippen LogP contribution is 2.31. The molecule has 11 heteroatoms. The number of hydrogen-bond donors (Lipinski definition) is 2. The highest BCUT2D eigenvalue weighted by Gasteiger charge is 2.22. The predicted octanol–water partition coefficient (Wildman–Crippen LogP) is 3.66. The number of nitrogens with one attached hydrogen (secondary N) is 1. The summed E-state index contributed by atoms with van der Waals surface area (Å²) in [6, 6.07) is 14.7. The van der Waals surface area contributed by atoms with Crippen LogP contribution in [-0.4, -0.2) is 47.2 Å². The largest absolute Gasteiger partial charge is 0.495 e. The Hall–Kier alpha value is -4.12. The van der Waals surface area contributed by atoms with Crippen molar-refractivity contribution in [3.63, 3.8) is 0 Å². The Bertz CT molecular complexity index is 1450. The van der Waals surface area contributed by atoms with E-state index in [1.807, 2.05) is 6.07 Å². The van der Waals surface area contributed by atoms with E-state index < -0.39 is 16.0 Å². The maximum atomic E-state index is 13.2. The molecule has 0 saturated carbocycles. The predicted molar refractivity (Wildman–Crippen MR) is 126 cm³/mol. The van der Waals surface area contributed by atoms with E-state index in [9.17, 15) is 18.3 Å². The first kappa shape index (κ1) is 23.1. The third kappa shape index (κ3) is 4.64. The molecule has 0 saturated heterocycles. The van der Waals surface area contributed by atoms with Crippen molar-refractivity contribution in [2.45, 2.75) is 12.7 Å². The molecule has 2 N–H and O–H groups in total. The lowest BCUT2D eigenvalue weighted by Crippen LogP contribution is -2.15. The van der Waals surface area contributed by atoms with Crippen molar-refractivity contribution in [3.8, 4) is 11.6 Å². The summed E-state index contributed by atoms with van der Waals surface area (Å²) in [6.07, 6.45) is 1.42. The molecule has 0 aliphatic heterocycles. The van der Waals surface area contributed by atoms with Crippen LogP contribution in [0.3, 0.4) is 0 Å². The van der Waals surface area contributed by atoms with Gasteiger partial charge in [0.1, 0.15) is 5.75 Å². The van der Waals surface area contributed by atoms with Crippen molar-refractivity contribution in [2.24, 2.45) is 0 Å². The van der Waals surface area contributed by atoms with E-state index in [1.165, 1.54) is 31.5 Å². The summed E-state index contributed by atoms with van der Waals surface area (Å²) in [5.74, 6) is -0.771. The molecule has 176 valence electrons. The summed E-state index contributed by atoms with van der Waals surface area (Å²) in [5, 5.41) is 12.6. The molecule has 2 aromatic carbocycles. The first-order valence-electron chi connectivity index (χ1n) is 10.3. The van der Waals surface area contributed by atoms with Crippen LogP contribution in [0.1, 0.15) is 22.8 Å². The van der Waals surface area contributed by atoms with Gasteiger partial charge in [-0.05, 0) is 36.8 Å². The fourth-order valence-electron chi connectivity index (χ4n) is 3.39. The molecule has 2 aromatic heterocycles. The molecule has 2 heterocycles. The molecule has 34 heavy (non-hydrogen) atoms. The zero-order valence-electron chi connectivity index (χ0n) is 18.4. The summed E-state index contributed by atoms with van der Waals surface area (Å²) < 4.78 is 38.4. The standard InChI is InChI=1S/C23H22N4O6S/c1-3-33-21-17-11-12-27(34(30,31)14-15-7-5-4-6-8-15)20(17)25-23(26-21)24-18-10-9-16(22(28)29)13-19(18)32-2/h4-13H,3,14H2,1-2H3,(H,28,29)(H,24,25,26). The number of carboxylic acids is 1. The van der Waals surface area contributed by atoms with E-state index in [4.69, 9.17) is 9.47 Å². The normalized spacial score (nSPS) is 11.4. The first-order chi connectivity index (χ1) is 16.3. The van der Waals surface area contributed by atoms with Gasteiger partial charge in [0.25, 0.3) is 0 Å². The lowest BCUT2D eigenvalue weighted by molar-refractivity contribution is 0.0696. The van der Waals surface area contributed by atoms with Crippen LogP contribution in [0.25, 0.3) is 11.0 Å². The van der Waals surface area contributed by atoms with Crippen LogP contribution in [0.15, 0.2) is 60.8 Å². The van der Waals surface area contributed by atoms with Gasteiger partial charge in [-0.3, -0.25) is 0 Å². The topological polar surface area (TPSA) is 133 Å². The minimum Gasteiger partial charge on any atom is -0.495 e. The van der Waals surface area contributed by atoms with Gasteiger partial charge < -0.3 is 19.9 Å². The van der Waals surface area contributed by atoms with Gasteiger partial charge in [0.15, 0.2) is 5.65 Å². The van der Waals surface area contributed by atoms with Crippen molar-refractivity contribution in [3.05, 3.63) is 71.9 Å². The molecule has 0 atom stereocenters. The number of nitrogens with zero attached hydrogens (tertiary/aromatic N) is 3. The lowest BCUT2D eigenvalue weighted by Gasteiger charge is -2.13. The van der Waals surface area contributed by atoms with Crippen LogP contribution in [-0.2, 0) is 15.8 Å². The Kier molecular flexibility index (Phi) is 6.37. The summed E-state index contributed by atoms with van der Waals surface area (Å²) in [7, 11) is -2.39. The zero-order chi connectivity index (χ0) is 24.3. The van der Waals surface area contributed by atoms with E-state index in [-0.39, 0.29) is 34.5 Å². The molecule has 0 aliphatic carbocycles. The van der Waals surface area contributed by atoms with Gasteiger partial charge in [-0.2, -0.15) is 9.97 Å². The number of anilines is 2. The Morgan fingerprint density at radius 3 is 2.56 bits per heavy atom. The zero-order valence-corrected chi connectivity index (χ0v) is 19.2. The van der Waals surface area contributed by atoms with Crippen LogP contribution < -0.4 is 14.8 Å². The molecule has 0 radical (unpaired) electrons. The SMILES string of the molecule is CCOc1nc(Nc2ccc(C(=O)O)cc2OC)nc2c1ccn2S(=O)(=O)Cc1ccccc1. The minimum atomic E-state index is -3.79. The fourth-order valence-corrected chi connectivity index (χ4v) is 4.80. The van der Waals surface area contributed by atoms with Gasteiger partial charge in [0.05, 0.1) is 36.1 Å². The highest BCUT2D eigenvalue weighted by atomic mass is 32.2. The number of rotatable bonds is 9. The maximum absolute atomic E-state index is 13.2. The molecule has 4 rings (SSSR count). The second-order valence-corrected chi connectivity index (χ2v) is 9.07. The van der Waals surface area contributed by atoms with Crippen molar-refractivity contribution in [1.82, 2.24) is 13.9 Å². The molecule has 0 fully saturated rings. The van der Waals surface area contributed by atoms with E-state index >= 15 is 0 Å². The average Bonchev–Trinajstić information content (AvgIpc) is 3.25. The van der Waals surface area contributed by atoms with E-state index in [0.717, 1.165) is 3.97 Å². The Balaban J connectivity index is 1.78. The second-order valence-electron chi connectivity index (χ2n) is 7.22. The van der Waals surface area contributed by atoms with Gasteiger partial charge in [-0.25, -0.2) is 17.2 Å². The number of benzene rings is 2. The Labute approximate surface area is 195 Å². The summed E-state index contributed by atoms with van der Waals surface area (Å²) >= 11 is 0. The molecule has 0 amide bonds. The van der Waals surface area contributed by atoms with Crippen molar-refractivity contribution >= 4 is 38.7 Å². The van der Waals surface area contributed by atoms with Gasteiger partial charge in [0, 0.05) is 6.20 Å². The minimum absolute atomic E-state index is 0.0506. The highest BCUT2D eigenvalue weighted by molar-refractivity contribution is 7.89. The number of methoxy groups -OCH3 is 1. The molecule has 0 unspecified atom stereocenters. The van der Waals surface area contributed by atoms with E-state index in [1.54, 1.807) is 37.3 Å². The summed E-state index contributed by atoms with van der Waals surface area (Å²) in [6.45, 7) is 2.10. The summed E-state index contributed by atoms with van der Waals surface area (Å²) in [4.78, 5) is 20.1. The number of fused-ring (bicyclic) bond motifs is 1. The van der Waals surface area contributed by atoms with Gasteiger partial charge >= 0.3 is 5.97 Å². The van der Waals surface area contributed by atoms with Crippen LogP contribution in [0.2, 0.25) is 0 Å². The molecular formula is C23H22N4O6S. The third-order valence-corrected chi connectivity index (χ3v) is 6.54. The maximum Gasteiger partial charge on any atom is 0.335 e. The number of hydrogen-bond acceptors (Lipinski definition) is 8. The van der Waals surface area contributed by atoms with Gasteiger partial charge in [-0.1, -0.05) is 30.3 Å². The molecule has 0 bridgehead atoms. The van der Waals surface area contributed by atoms with E-state index in [0.29, 0.717) is 23.2 Å². The number of carboxylic acid groups (broad SMARTS) is 1. The van der Waals surface area contributed by atoms with Crippen LogP contribution in [0.5, 0.6) is 11.6 Å². The quantitative estimate of drug-likeness (QED) is 0.367. The number of carbonyl (C=O) groups is 1. The van der Waals surface area contributed by atoms with Gasteiger partial charge in [0.2, 0.25) is 21.9 Å². The molecule has 0 spiro atoms. The van der Waals surface area contributed by atoms with Crippen molar-refractivity contribution < 1.29 is 27.8 Å². The van der Waals surface area contributed by atoms with Crippen LogP contribution in [0.4, 0.5) is 11.6 Å². The Morgan fingerprint density at radius 1 is 1.12 bits per heavy atom. The second kappa shape index (κ2) is 9.40. The van der Waals surface area contributed by atoms with Crippen LogP contribution >= 0.6 is 0 Å². The first-order valence-corrected chi connectivity index (χ1v) is 11.9. The van der Waals surface area contributed by atoms with E-state index in [2.05, 4.69) is 15.3 Å². The average molecular weight is 483 g/mol. The number of aromatic carboxylic acids is 1. The van der Waals surface area contributed by atoms with Crippen molar-refractivity contribution in [1.29, 1.82) is 0 Å². The molecular weight excluding hydrogens is 460 g/mol.